The Hall–Kier alpha value is -0.770. The molecule has 1 saturated heterocycles. The van der Waals surface area contributed by atoms with Crippen molar-refractivity contribution in [2.75, 3.05) is 19.7 Å². The van der Waals surface area contributed by atoms with Crippen molar-refractivity contribution in [3.63, 3.8) is 0 Å². The van der Waals surface area contributed by atoms with Gasteiger partial charge in [-0.15, -0.1) is 0 Å². The van der Waals surface area contributed by atoms with Crippen molar-refractivity contribution >= 4 is 6.09 Å². The third-order valence-corrected chi connectivity index (χ3v) is 3.19. The number of nitrogens with zero attached hydrogens (tertiary/aromatic N) is 1. The van der Waals surface area contributed by atoms with Gasteiger partial charge in [0.2, 0.25) is 0 Å². The lowest BCUT2D eigenvalue weighted by atomic mass is 9.97. The van der Waals surface area contributed by atoms with Gasteiger partial charge in [-0.05, 0) is 53.9 Å². The lowest BCUT2D eigenvalue weighted by molar-refractivity contribution is -0.0353. The molecular weight excluding hydrogens is 230 g/mol. The summed E-state index contributed by atoms with van der Waals surface area (Å²) in [5.74, 6) is 0. The van der Waals surface area contributed by atoms with Gasteiger partial charge in [-0.1, -0.05) is 0 Å². The van der Waals surface area contributed by atoms with E-state index in [1.807, 2.05) is 27.7 Å². The van der Waals surface area contributed by atoms with Gasteiger partial charge in [0.25, 0.3) is 0 Å². The Kier molecular flexibility index (Phi) is 5.02. The Bertz CT molecular complexity index is 285. The largest absolute Gasteiger partial charge is 0.444 e. The van der Waals surface area contributed by atoms with Gasteiger partial charge in [-0.2, -0.15) is 0 Å². The van der Waals surface area contributed by atoms with Gasteiger partial charge >= 0.3 is 6.09 Å². The summed E-state index contributed by atoms with van der Waals surface area (Å²) in [5, 5.41) is 0. The molecule has 0 aromatic rings. The molecule has 0 aromatic carbocycles. The van der Waals surface area contributed by atoms with Crippen molar-refractivity contribution in [2.45, 2.75) is 65.1 Å². The number of hydrogen-bond acceptors (Lipinski definition) is 3. The molecule has 4 heteroatoms. The molecule has 0 radical (unpaired) electrons. The summed E-state index contributed by atoms with van der Waals surface area (Å²) >= 11 is 0. The van der Waals surface area contributed by atoms with Crippen LogP contribution in [0.2, 0.25) is 0 Å². The van der Waals surface area contributed by atoms with Gasteiger partial charge < -0.3 is 14.4 Å². The molecule has 1 atom stereocenters. The average molecular weight is 257 g/mol. The maximum Gasteiger partial charge on any atom is 0.410 e. The van der Waals surface area contributed by atoms with E-state index in [4.69, 9.17) is 9.47 Å². The zero-order valence-electron chi connectivity index (χ0n) is 12.4. The fourth-order valence-electron chi connectivity index (χ4n) is 2.25. The zero-order valence-corrected chi connectivity index (χ0v) is 12.4. The quantitative estimate of drug-likeness (QED) is 0.762. The van der Waals surface area contributed by atoms with E-state index in [1.54, 1.807) is 4.90 Å². The molecule has 1 aliphatic rings. The van der Waals surface area contributed by atoms with Crippen LogP contribution >= 0.6 is 0 Å². The summed E-state index contributed by atoms with van der Waals surface area (Å²) in [6, 6.07) is 0. The second-order valence-electron chi connectivity index (χ2n) is 6.20. The number of rotatable bonds is 2. The molecule has 1 amide bonds. The average Bonchev–Trinajstić information content (AvgIpc) is 2.38. The van der Waals surface area contributed by atoms with Crippen LogP contribution in [0.15, 0.2) is 0 Å². The van der Waals surface area contributed by atoms with Gasteiger partial charge in [-0.3, -0.25) is 0 Å². The highest BCUT2D eigenvalue weighted by Crippen LogP contribution is 2.26. The standard InChI is InChI=1S/C14H27NO3/c1-6-17-14(5)8-7-10-15(11-9-14)12(16)18-13(2,3)4/h6-11H2,1-5H3. The molecule has 0 bridgehead atoms. The van der Waals surface area contributed by atoms with Crippen LogP contribution in [0.25, 0.3) is 0 Å². The van der Waals surface area contributed by atoms with Crippen LogP contribution in [0.4, 0.5) is 4.79 Å². The highest BCUT2D eigenvalue weighted by molar-refractivity contribution is 5.68. The highest BCUT2D eigenvalue weighted by Gasteiger charge is 2.31. The van der Waals surface area contributed by atoms with E-state index in [1.165, 1.54) is 0 Å². The van der Waals surface area contributed by atoms with E-state index in [-0.39, 0.29) is 11.7 Å². The number of hydrogen-bond donors (Lipinski definition) is 0. The molecule has 0 N–H and O–H groups in total. The first kappa shape index (κ1) is 15.3. The van der Waals surface area contributed by atoms with E-state index < -0.39 is 5.60 Å². The Balaban J connectivity index is 2.54. The van der Waals surface area contributed by atoms with Gasteiger partial charge in [0.05, 0.1) is 5.60 Å². The van der Waals surface area contributed by atoms with Crippen molar-refractivity contribution in [3.05, 3.63) is 0 Å². The van der Waals surface area contributed by atoms with Crippen LogP contribution in [-0.4, -0.2) is 41.9 Å². The monoisotopic (exact) mass is 257 g/mol. The third kappa shape index (κ3) is 4.84. The van der Waals surface area contributed by atoms with Crippen molar-refractivity contribution in [1.82, 2.24) is 4.90 Å². The molecule has 0 spiro atoms. The third-order valence-electron chi connectivity index (χ3n) is 3.19. The Morgan fingerprint density at radius 2 is 1.94 bits per heavy atom. The second kappa shape index (κ2) is 5.91. The van der Waals surface area contributed by atoms with Crippen molar-refractivity contribution in [3.8, 4) is 0 Å². The summed E-state index contributed by atoms with van der Waals surface area (Å²) in [5.41, 5.74) is -0.516. The summed E-state index contributed by atoms with van der Waals surface area (Å²) in [6.45, 7) is 12.0. The van der Waals surface area contributed by atoms with Crippen LogP contribution in [0.3, 0.4) is 0 Å². The predicted octanol–water partition coefficient (Wildman–Crippen LogP) is 3.20. The van der Waals surface area contributed by atoms with E-state index in [9.17, 15) is 4.79 Å². The van der Waals surface area contributed by atoms with Crippen molar-refractivity contribution in [1.29, 1.82) is 0 Å². The maximum atomic E-state index is 12.0. The molecule has 106 valence electrons. The normalized spacial score (nSPS) is 25.7. The van der Waals surface area contributed by atoms with E-state index >= 15 is 0 Å². The molecule has 1 rings (SSSR count). The summed E-state index contributed by atoms with van der Waals surface area (Å²) < 4.78 is 11.2. The second-order valence-corrected chi connectivity index (χ2v) is 6.20. The Labute approximate surface area is 111 Å². The van der Waals surface area contributed by atoms with Gasteiger partial charge in [0, 0.05) is 19.7 Å². The molecule has 4 nitrogen and oxygen atoms in total. The summed E-state index contributed by atoms with van der Waals surface area (Å²) in [6.07, 6.45) is 2.64. The van der Waals surface area contributed by atoms with E-state index in [2.05, 4.69) is 6.92 Å². The minimum absolute atomic E-state index is 0.0918. The minimum atomic E-state index is -0.424. The topological polar surface area (TPSA) is 38.8 Å². The van der Waals surface area contributed by atoms with Gasteiger partial charge in [0.1, 0.15) is 5.60 Å². The van der Waals surface area contributed by atoms with Crippen molar-refractivity contribution < 1.29 is 14.3 Å². The Morgan fingerprint density at radius 1 is 1.28 bits per heavy atom. The van der Waals surface area contributed by atoms with Crippen LogP contribution in [0.5, 0.6) is 0 Å². The first-order valence-corrected chi connectivity index (χ1v) is 6.88. The van der Waals surface area contributed by atoms with Crippen LogP contribution in [0.1, 0.15) is 53.9 Å². The SMILES string of the molecule is CCOC1(C)CCCN(C(=O)OC(C)(C)C)CC1. The zero-order chi connectivity index (χ0) is 13.8. The number of likely N-dealkylation sites (tertiary alicyclic amines) is 1. The highest BCUT2D eigenvalue weighted by atomic mass is 16.6. The van der Waals surface area contributed by atoms with Crippen LogP contribution in [0, 0.1) is 0 Å². The van der Waals surface area contributed by atoms with Crippen LogP contribution < -0.4 is 0 Å². The fraction of sp³-hybridized carbons (Fsp3) is 0.929. The number of amides is 1. The Morgan fingerprint density at radius 3 is 2.50 bits per heavy atom. The molecule has 1 aliphatic heterocycles. The molecule has 0 aromatic heterocycles. The smallest absolute Gasteiger partial charge is 0.410 e. The van der Waals surface area contributed by atoms with Crippen LogP contribution in [-0.2, 0) is 9.47 Å². The van der Waals surface area contributed by atoms with Crippen molar-refractivity contribution in [2.24, 2.45) is 0 Å². The predicted molar refractivity (Wildman–Crippen MR) is 71.7 cm³/mol. The first-order valence-electron chi connectivity index (χ1n) is 6.88. The molecule has 1 fully saturated rings. The lowest BCUT2D eigenvalue weighted by Crippen LogP contribution is -2.38. The fourth-order valence-corrected chi connectivity index (χ4v) is 2.25. The molecule has 18 heavy (non-hydrogen) atoms. The minimum Gasteiger partial charge on any atom is -0.444 e. The summed E-state index contributed by atoms with van der Waals surface area (Å²) in [4.78, 5) is 13.8. The van der Waals surface area contributed by atoms with E-state index in [0.29, 0.717) is 6.54 Å². The number of ether oxygens (including phenoxy) is 2. The maximum absolute atomic E-state index is 12.0. The number of carbonyl (C=O) groups is 1. The lowest BCUT2D eigenvalue weighted by Gasteiger charge is -2.29. The molecule has 0 saturated carbocycles. The molecule has 1 heterocycles. The first-order chi connectivity index (χ1) is 8.26. The number of carbonyl (C=O) groups excluding carboxylic acids is 1. The van der Waals surface area contributed by atoms with Gasteiger partial charge in [-0.25, -0.2) is 4.79 Å². The van der Waals surface area contributed by atoms with E-state index in [0.717, 1.165) is 32.4 Å². The molecular formula is C14H27NO3. The summed E-state index contributed by atoms with van der Waals surface area (Å²) in [7, 11) is 0. The van der Waals surface area contributed by atoms with Gasteiger partial charge in [0.15, 0.2) is 0 Å². The molecule has 1 unspecified atom stereocenters. The molecule has 0 aliphatic carbocycles.